The standard InChI is InChI=1S/C7H7BrN2O/c1-5(11)10-6-3-2-4-9-7(6)8/h2-4H,1H3,(H,10,11)/i1D3. The van der Waals surface area contributed by atoms with Crippen LogP contribution in [-0.4, -0.2) is 10.9 Å². The van der Waals surface area contributed by atoms with Crippen molar-refractivity contribution in [3.05, 3.63) is 22.9 Å². The van der Waals surface area contributed by atoms with E-state index in [9.17, 15) is 4.79 Å². The predicted octanol–water partition coefficient (Wildman–Crippen LogP) is 1.80. The number of hydrogen-bond acceptors (Lipinski definition) is 2. The van der Waals surface area contributed by atoms with Crippen molar-refractivity contribution in [2.45, 2.75) is 6.85 Å². The van der Waals surface area contributed by atoms with Gasteiger partial charge in [0.25, 0.3) is 0 Å². The van der Waals surface area contributed by atoms with Crippen molar-refractivity contribution in [3.63, 3.8) is 0 Å². The van der Waals surface area contributed by atoms with Crippen molar-refractivity contribution in [1.29, 1.82) is 0 Å². The van der Waals surface area contributed by atoms with E-state index in [1.54, 1.807) is 12.1 Å². The van der Waals surface area contributed by atoms with Gasteiger partial charge in [0.15, 0.2) is 0 Å². The lowest BCUT2D eigenvalue weighted by Crippen LogP contribution is -2.06. The molecule has 1 rings (SSSR count). The first kappa shape index (κ1) is 4.87. The van der Waals surface area contributed by atoms with Gasteiger partial charge in [0, 0.05) is 17.2 Å². The van der Waals surface area contributed by atoms with Gasteiger partial charge in [-0.1, -0.05) is 0 Å². The normalized spacial score (nSPS) is 14.5. The molecule has 11 heavy (non-hydrogen) atoms. The summed E-state index contributed by atoms with van der Waals surface area (Å²) < 4.78 is 20.9. The Kier molecular flexibility index (Phi) is 1.54. The van der Waals surface area contributed by atoms with Crippen molar-refractivity contribution in [2.75, 3.05) is 5.32 Å². The van der Waals surface area contributed by atoms with Crippen LogP contribution in [0.2, 0.25) is 0 Å². The molecule has 0 bridgehead atoms. The lowest BCUT2D eigenvalue weighted by atomic mass is 10.4. The maximum atomic E-state index is 11.1. The largest absolute Gasteiger partial charge is 0.324 e. The Morgan fingerprint density at radius 2 is 2.73 bits per heavy atom. The third-order valence-corrected chi connectivity index (χ3v) is 1.64. The summed E-state index contributed by atoms with van der Waals surface area (Å²) in [4.78, 5) is 14.9. The second-order valence-corrected chi connectivity index (χ2v) is 2.55. The van der Waals surface area contributed by atoms with Crippen LogP contribution in [0.15, 0.2) is 22.9 Å². The molecule has 1 amide bonds. The van der Waals surface area contributed by atoms with Gasteiger partial charge in [0.05, 0.1) is 5.69 Å². The van der Waals surface area contributed by atoms with Gasteiger partial charge in [-0.25, -0.2) is 4.98 Å². The third kappa shape index (κ3) is 2.31. The summed E-state index contributed by atoms with van der Waals surface area (Å²) in [5.74, 6) is -1.02. The topological polar surface area (TPSA) is 42.0 Å². The molecule has 1 N–H and O–H groups in total. The van der Waals surface area contributed by atoms with E-state index in [1.807, 2.05) is 0 Å². The maximum absolute atomic E-state index is 11.1. The summed E-state index contributed by atoms with van der Waals surface area (Å²) in [6.45, 7) is -2.64. The van der Waals surface area contributed by atoms with E-state index in [1.165, 1.54) is 6.20 Å². The fourth-order valence-corrected chi connectivity index (χ4v) is 0.951. The number of nitrogens with one attached hydrogen (secondary N) is 1. The monoisotopic (exact) mass is 217 g/mol. The van der Waals surface area contributed by atoms with Gasteiger partial charge in [-0.05, 0) is 28.1 Å². The Morgan fingerprint density at radius 3 is 3.36 bits per heavy atom. The summed E-state index contributed by atoms with van der Waals surface area (Å²) >= 11 is 3.08. The molecule has 1 aromatic rings. The summed E-state index contributed by atoms with van der Waals surface area (Å²) in [7, 11) is 0. The summed E-state index contributed by atoms with van der Waals surface area (Å²) in [6, 6.07) is 3.15. The molecule has 0 fully saturated rings. The number of carbonyl (C=O) groups excluding carboxylic acids is 1. The molecule has 0 aliphatic carbocycles. The second-order valence-electron chi connectivity index (χ2n) is 1.80. The number of halogens is 1. The zero-order valence-electron chi connectivity index (χ0n) is 8.47. The van der Waals surface area contributed by atoms with Crippen LogP contribution in [0.1, 0.15) is 11.0 Å². The molecule has 0 saturated carbocycles. The lowest BCUT2D eigenvalue weighted by molar-refractivity contribution is -0.114. The van der Waals surface area contributed by atoms with Crippen molar-refractivity contribution in [2.24, 2.45) is 0 Å². The number of aromatic nitrogens is 1. The van der Waals surface area contributed by atoms with Crippen LogP contribution in [0.3, 0.4) is 0 Å². The Labute approximate surface area is 77.2 Å². The zero-order valence-corrected chi connectivity index (χ0v) is 7.05. The average molecular weight is 218 g/mol. The van der Waals surface area contributed by atoms with Gasteiger partial charge in [0.2, 0.25) is 5.91 Å². The van der Waals surface area contributed by atoms with Crippen LogP contribution in [0.5, 0.6) is 0 Å². The highest BCUT2D eigenvalue weighted by molar-refractivity contribution is 9.10. The molecular weight excluding hydrogens is 208 g/mol. The quantitative estimate of drug-likeness (QED) is 0.730. The maximum Gasteiger partial charge on any atom is 0.221 e. The van der Waals surface area contributed by atoms with Gasteiger partial charge in [-0.3, -0.25) is 4.79 Å². The summed E-state index contributed by atoms with van der Waals surface area (Å²) in [5, 5.41) is 2.24. The number of rotatable bonds is 1. The van der Waals surface area contributed by atoms with E-state index in [-0.39, 0.29) is 0 Å². The van der Waals surface area contributed by atoms with Crippen molar-refractivity contribution < 1.29 is 8.91 Å². The van der Waals surface area contributed by atoms with Crippen molar-refractivity contribution in [3.8, 4) is 0 Å². The second kappa shape index (κ2) is 3.48. The highest BCUT2D eigenvalue weighted by Crippen LogP contribution is 2.17. The molecule has 0 aromatic carbocycles. The molecule has 1 aromatic heterocycles. The minimum absolute atomic E-state index is 0.341. The van der Waals surface area contributed by atoms with Gasteiger partial charge in [0.1, 0.15) is 4.60 Å². The number of carbonyl (C=O) groups is 1. The van der Waals surface area contributed by atoms with Crippen LogP contribution >= 0.6 is 15.9 Å². The Bertz CT molecular complexity index is 353. The van der Waals surface area contributed by atoms with Crippen molar-refractivity contribution >= 4 is 27.5 Å². The van der Waals surface area contributed by atoms with Gasteiger partial charge < -0.3 is 5.32 Å². The Morgan fingerprint density at radius 1 is 1.91 bits per heavy atom. The fraction of sp³-hybridized carbons (Fsp3) is 0.143. The molecule has 58 valence electrons. The third-order valence-electron chi connectivity index (χ3n) is 1.01. The van der Waals surface area contributed by atoms with Gasteiger partial charge >= 0.3 is 0 Å². The number of nitrogens with zero attached hydrogens (tertiary/aromatic N) is 1. The molecule has 0 atom stereocenters. The molecule has 0 spiro atoms. The van der Waals surface area contributed by atoms with E-state index in [4.69, 9.17) is 4.11 Å². The van der Waals surface area contributed by atoms with Gasteiger partial charge in [-0.15, -0.1) is 0 Å². The number of anilines is 1. The number of hydrogen-bond donors (Lipinski definition) is 1. The highest BCUT2D eigenvalue weighted by Gasteiger charge is 1.99. The molecule has 1 heterocycles. The minimum atomic E-state index is -2.64. The van der Waals surface area contributed by atoms with E-state index >= 15 is 0 Å². The summed E-state index contributed by atoms with van der Waals surface area (Å²) in [5.41, 5.74) is 0.341. The van der Waals surface area contributed by atoms with Crippen LogP contribution in [0.4, 0.5) is 5.69 Å². The lowest BCUT2D eigenvalue weighted by Gasteiger charge is -2.01. The van der Waals surface area contributed by atoms with Crippen LogP contribution < -0.4 is 5.32 Å². The first-order valence-electron chi connectivity index (χ1n) is 4.33. The Hall–Kier alpha value is -0.900. The van der Waals surface area contributed by atoms with E-state index in [0.29, 0.717) is 10.3 Å². The average Bonchev–Trinajstić information content (AvgIpc) is 2.07. The summed E-state index contributed by atoms with van der Waals surface area (Å²) in [6.07, 6.45) is 1.52. The predicted molar refractivity (Wildman–Crippen MR) is 46.2 cm³/mol. The van der Waals surface area contributed by atoms with E-state index in [0.717, 1.165) is 0 Å². The molecular formula is C7H7BrN2O. The number of amides is 1. The van der Waals surface area contributed by atoms with Crippen LogP contribution in [0, 0.1) is 0 Å². The van der Waals surface area contributed by atoms with Gasteiger partial charge in [-0.2, -0.15) is 0 Å². The number of pyridine rings is 1. The SMILES string of the molecule is [2H]C([2H])([2H])C(=O)Nc1cccnc1Br. The van der Waals surface area contributed by atoms with Crippen LogP contribution in [-0.2, 0) is 4.79 Å². The fourth-order valence-electron chi connectivity index (χ4n) is 0.602. The van der Waals surface area contributed by atoms with E-state index < -0.39 is 12.8 Å². The molecule has 4 heteroatoms. The molecule has 3 nitrogen and oxygen atoms in total. The first-order chi connectivity index (χ1) is 6.41. The first-order valence-corrected chi connectivity index (χ1v) is 3.62. The van der Waals surface area contributed by atoms with E-state index in [2.05, 4.69) is 26.2 Å². The Balaban J connectivity index is 2.80. The molecule has 0 aliphatic rings. The molecule has 0 unspecified atom stereocenters. The van der Waals surface area contributed by atoms with Crippen LogP contribution in [0.25, 0.3) is 0 Å². The minimum Gasteiger partial charge on any atom is -0.324 e. The highest BCUT2D eigenvalue weighted by atomic mass is 79.9. The smallest absolute Gasteiger partial charge is 0.221 e. The molecule has 0 aliphatic heterocycles. The zero-order chi connectivity index (χ0) is 10.8. The van der Waals surface area contributed by atoms with Crippen molar-refractivity contribution in [1.82, 2.24) is 4.98 Å². The molecule has 0 radical (unpaired) electrons. The molecule has 0 saturated heterocycles.